The first-order valence-corrected chi connectivity index (χ1v) is 15.1. The van der Waals surface area contributed by atoms with Gasteiger partial charge in [0.1, 0.15) is 0 Å². The van der Waals surface area contributed by atoms with Crippen molar-refractivity contribution in [3.8, 4) is 0 Å². The van der Waals surface area contributed by atoms with Gasteiger partial charge in [-0.25, -0.2) is 9.59 Å². The van der Waals surface area contributed by atoms with Crippen LogP contribution < -0.4 is 21.3 Å². The Morgan fingerprint density at radius 3 is 1.10 bits per heavy atom. The largest absolute Gasteiger partial charge is 0.335 e. The molecular formula is C32H56N6O4. The fraction of sp³-hybridized carbons (Fsp3) is 0.750. The summed E-state index contributed by atoms with van der Waals surface area (Å²) in [5.74, 6) is 0. The van der Waals surface area contributed by atoms with Crippen LogP contribution in [0, 0.1) is 0 Å². The Bertz CT molecular complexity index is 1020. The van der Waals surface area contributed by atoms with Crippen molar-refractivity contribution in [1.82, 2.24) is 31.4 Å². The van der Waals surface area contributed by atoms with Crippen LogP contribution in [0.25, 0.3) is 0 Å². The van der Waals surface area contributed by atoms with Gasteiger partial charge in [0.2, 0.25) is 0 Å². The third-order valence-electron chi connectivity index (χ3n) is 9.13. The minimum absolute atomic E-state index is 0.0667. The van der Waals surface area contributed by atoms with Crippen molar-refractivity contribution >= 4 is 12.1 Å². The lowest BCUT2D eigenvalue weighted by Crippen LogP contribution is -2.64. The van der Waals surface area contributed by atoms with E-state index in [1.165, 1.54) is 10.1 Å². The molecule has 1 aromatic carbocycles. The van der Waals surface area contributed by atoms with Gasteiger partial charge in [0, 0.05) is 34.2 Å². The first-order valence-electron chi connectivity index (χ1n) is 15.1. The molecule has 0 aliphatic carbocycles. The first kappa shape index (κ1) is 34.1. The van der Waals surface area contributed by atoms with Crippen LogP contribution >= 0.6 is 0 Å². The van der Waals surface area contributed by atoms with Crippen molar-refractivity contribution in [1.29, 1.82) is 0 Å². The summed E-state index contributed by atoms with van der Waals surface area (Å²) in [4.78, 5) is 26.1. The van der Waals surface area contributed by atoms with E-state index in [4.69, 9.17) is 0 Å². The fourth-order valence-electron chi connectivity index (χ4n) is 7.20. The van der Waals surface area contributed by atoms with E-state index in [0.717, 1.165) is 11.1 Å². The Kier molecular flexibility index (Phi) is 9.14. The minimum atomic E-state index is -0.637. The van der Waals surface area contributed by atoms with Crippen LogP contribution in [0.3, 0.4) is 0 Å². The Balaban J connectivity index is 1.61. The van der Waals surface area contributed by atoms with E-state index in [0.29, 0.717) is 25.7 Å². The average Bonchev–Trinajstić information content (AvgIpc) is 2.79. The summed E-state index contributed by atoms with van der Waals surface area (Å²) < 4.78 is 0. The van der Waals surface area contributed by atoms with Crippen LogP contribution in [-0.4, -0.2) is 66.8 Å². The number of nitrogens with one attached hydrogen (secondary N) is 4. The van der Waals surface area contributed by atoms with E-state index in [1.807, 2.05) is 107 Å². The highest BCUT2D eigenvalue weighted by Crippen LogP contribution is 2.38. The molecule has 6 N–H and O–H groups in total. The molecule has 10 nitrogen and oxygen atoms in total. The van der Waals surface area contributed by atoms with E-state index in [9.17, 15) is 20.0 Å². The van der Waals surface area contributed by atoms with Crippen LogP contribution in [0.5, 0.6) is 0 Å². The Morgan fingerprint density at radius 1 is 0.619 bits per heavy atom. The number of benzene rings is 1. The number of carbonyl (C=O) groups excluding carboxylic acids is 2. The van der Waals surface area contributed by atoms with Crippen LogP contribution in [0.2, 0.25) is 0 Å². The van der Waals surface area contributed by atoms with Gasteiger partial charge >= 0.3 is 12.1 Å². The number of urea groups is 2. The summed E-state index contributed by atoms with van der Waals surface area (Å²) in [6, 6.07) is 7.30. The van der Waals surface area contributed by atoms with Crippen molar-refractivity contribution in [2.24, 2.45) is 0 Å². The average molecular weight is 589 g/mol. The number of rotatable bonds is 6. The Morgan fingerprint density at radius 2 is 0.857 bits per heavy atom. The van der Waals surface area contributed by atoms with Crippen LogP contribution in [0.4, 0.5) is 9.59 Å². The third-order valence-corrected chi connectivity index (χ3v) is 9.13. The summed E-state index contributed by atoms with van der Waals surface area (Å²) in [6.45, 7) is 23.7. The summed E-state index contributed by atoms with van der Waals surface area (Å²) in [7, 11) is 0. The maximum atomic E-state index is 13.0. The number of carbonyl (C=O) groups is 2. The highest BCUT2D eigenvalue weighted by Gasteiger charge is 2.46. The van der Waals surface area contributed by atoms with E-state index < -0.39 is 33.2 Å². The quantitative estimate of drug-likeness (QED) is 0.258. The second-order valence-electron chi connectivity index (χ2n) is 16.1. The lowest BCUT2D eigenvalue weighted by Gasteiger charge is -2.51. The maximum Gasteiger partial charge on any atom is 0.315 e. The van der Waals surface area contributed by atoms with Crippen molar-refractivity contribution in [2.45, 2.75) is 154 Å². The van der Waals surface area contributed by atoms with Crippen molar-refractivity contribution < 1.29 is 20.0 Å². The lowest BCUT2D eigenvalue weighted by atomic mass is 9.79. The normalized spacial score (nSPS) is 23.2. The third kappa shape index (κ3) is 7.56. The first-order chi connectivity index (χ1) is 18.9. The molecule has 0 atom stereocenters. The highest BCUT2D eigenvalue weighted by molar-refractivity contribution is 5.76. The van der Waals surface area contributed by atoms with Crippen molar-refractivity contribution in [3.05, 3.63) is 35.4 Å². The van der Waals surface area contributed by atoms with Gasteiger partial charge in [-0.3, -0.25) is 0 Å². The molecule has 42 heavy (non-hydrogen) atoms. The van der Waals surface area contributed by atoms with Crippen LogP contribution in [0.15, 0.2) is 24.3 Å². The van der Waals surface area contributed by atoms with Crippen LogP contribution in [0.1, 0.15) is 120 Å². The lowest BCUT2D eigenvalue weighted by molar-refractivity contribution is -0.245. The highest BCUT2D eigenvalue weighted by atomic mass is 16.5. The molecule has 0 spiro atoms. The SMILES string of the molecule is CC(C)(NC(=O)NC1CC(C)(C)N(O)C(C)(C)C1)c1ccc(C(C)(C)NC(=O)NC2CC(C)(C)N(O)C(C)(C)C2)cc1. The van der Waals surface area contributed by atoms with Gasteiger partial charge in [0.25, 0.3) is 0 Å². The molecule has 238 valence electrons. The van der Waals surface area contributed by atoms with Gasteiger partial charge in [-0.2, -0.15) is 10.1 Å². The Hall–Kier alpha value is -2.40. The fourth-order valence-corrected chi connectivity index (χ4v) is 7.20. The standard InChI is InChI=1S/C32H56N6O4/c1-27(2)17-23(18-28(3,4)37(27)41)33-25(39)35-31(9,10)21-13-15-22(16-14-21)32(11,12)36-26(40)34-24-19-29(5,6)38(42)30(7,8)20-24/h13-16,23-24,41-42H,17-20H2,1-12H3,(H2,33,35,39)(H2,34,36,40). The van der Waals surface area contributed by atoms with Crippen molar-refractivity contribution in [3.63, 3.8) is 0 Å². The van der Waals surface area contributed by atoms with Gasteiger partial charge < -0.3 is 31.7 Å². The number of piperidine rings is 2. The maximum absolute atomic E-state index is 13.0. The minimum Gasteiger partial charge on any atom is -0.335 e. The second-order valence-corrected chi connectivity index (χ2v) is 16.1. The summed E-state index contributed by atoms with van der Waals surface area (Å²) in [5, 5.41) is 36.4. The van der Waals surface area contributed by atoms with Gasteiger partial charge in [-0.1, -0.05) is 24.3 Å². The predicted molar refractivity (Wildman–Crippen MR) is 165 cm³/mol. The molecule has 1 aromatic rings. The number of amides is 4. The van der Waals surface area contributed by atoms with E-state index in [-0.39, 0.29) is 24.1 Å². The number of hydrogen-bond acceptors (Lipinski definition) is 6. The topological polar surface area (TPSA) is 129 Å². The van der Waals surface area contributed by atoms with E-state index in [1.54, 1.807) is 0 Å². The van der Waals surface area contributed by atoms with Gasteiger partial charge in [0.15, 0.2) is 0 Å². The van der Waals surface area contributed by atoms with Crippen LogP contribution in [-0.2, 0) is 11.1 Å². The zero-order valence-electron chi connectivity index (χ0n) is 27.9. The molecule has 10 heteroatoms. The predicted octanol–water partition coefficient (Wildman–Crippen LogP) is 5.58. The molecule has 0 saturated carbocycles. The molecule has 0 aromatic heterocycles. The smallest absolute Gasteiger partial charge is 0.315 e. The van der Waals surface area contributed by atoms with E-state index in [2.05, 4.69) is 21.3 Å². The monoisotopic (exact) mass is 588 g/mol. The molecule has 0 radical (unpaired) electrons. The molecule has 2 fully saturated rings. The van der Waals surface area contributed by atoms with Crippen molar-refractivity contribution in [2.75, 3.05) is 0 Å². The molecule has 0 unspecified atom stereocenters. The van der Waals surface area contributed by atoms with E-state index >= 15 is 0 Å². The molecule has 2 aliphatic heterocycles. The Labute approximate surface area is 252 Å². The molecule has 0 bridgehead atoms. The number of nitrogens with zero attached hydrogens (tertiary/aromatic N) is 2. The summed E-state index contributed by atoms with van der Waals surface area (Å²) >= 11 is 0. The second kappa shape index (κ2) is 11.3. The number of hydrogen-bond donors (Lipinski definition) is 6. The zero-order valence-corrected chi connectivity index (χ0v) is 27.9. The molecular weight excluding hydrogens is 532 g/mol. The summed E-state index contributed by atoms with van der Waals surface area (Å²) in [6.07, 6.45) is 2.56. The molecule has 2 heterocycles. The van der Waals surface area contributed by atoms with Gasteiger partial charge in [-0.05, 0) is 120 Å². The molecule has 2 aliphatic rings. The van der Waals surface area contributed by atoms with Gasteiger partial charge in [-0.15, -0.1) is 0 Å². The summed E-state index contributed by atoms with van der Waals surface area (Å²) in [5.41, 5.74) is -1.21. The molecule has 4 amide bonds. The van der Waals surface area contributed by atoms with Gasteiger partial charge in [0.05, 0.1) is 11.1 Å². The molecule has 3 rings (SSSR count). The number of hydroxylamine groups is 4. The molecule has 2 saturated heterocycles. The zero-order chi connectivity index (χ0) is 32.1.